The first-order chi connectivity index (χ1) is 10.6. The molecule has 1 aromatic heterocycles. The number of anilines is 3. The minimum atomic E-state index is -0.329. The predicted molar refractivity (Wildman–Crippen MR) is 88.0 cm³/mol. The van der Waals surface area contributed by atoms with E-state index in [1.165, 1.54) is 6.07 Å². The topological polar surface area (TPSA) is 53.1 Å². The molecule has 0 fully saturated rings. The predicted octanol–water partition coefficient (Wildman–Crippen LogP) is 3.11. The molecule has 2 aromatic rings. The van der Waals surface area contributed by atoms with E-state index in [1.54, 1.807) is 30.5 Å². The van der Waals surface area contributed by atoms with Crippen molar-refractivity contribution in [3.05, 3.63) is 42.3 Å². The molecule has 1 heterocycles. The highest BCUT2D eigenvalue weighted by atomic mass is 19.1. The molecule has 6 heteroatoms. The van der Waals surface area contributed by atoms with E-state index in [9.17, 15) is 4.39 Å². The second-order valence-corrected chi connectivity index (χ2v) is 5.40. The van der Waals surface area contributed by atoms with Crippen LogP contribution in [-0.2, 0) is 0 Å². The minimum Gasteiger partial charge on any atom is -0.370 e. The highest BCUT2D eigenvalue weighted by molar-refractivity contribution is 5.55. The van der Waals surface area contributed by atoms with Crippen molar-refractivity contribution in [1.29, 1.82) is 0 Å². The Kier molecular flexibility index (Phi) is 5.66. The average Bonchev–Trinajstić information content (AvgIpc) is 2.50. The smallest absolute Gasteiger partial charge is 0.229 e. The molecule has 1 aromatic carbocycles. The summed E-state index contributed by atoms with van der Waals surface area (Å²) in [6, 6.07) is 8.74. The van der Waals surface area contributed by atoms with E-state index in [-0.39, 0.29) is 5.82 Å². The molecule has 22 heavy (non-hydrogen) atoms. The van der Waals surface area contributed by atoms with E-state index in [0.29, 0.717) is 17.7 Å². The highest BCUT2D eigenvalue weighted by Gasteiger charge is 2.06. The fraction of sp³-hybridized carbons (Fsp3) is 0.375. The molecule has 5 nitrogen and oxygen atoms in total. The van der Waals surface area contributed by atoms with Gasteiger partial charge in [-0.25, -0.2) is 9.37 Å². The standard InChI is InChI=1S/C16H22FN5/c1-12(22(2)3)8-10-18-15-9-11-19-16(21-15)20-14-7-5-4-6-13(14)17/h4-7,9,11-12H,8,10H2,1-3H3,(H2,18,19,20,21). The van der Waals surface area contributed by atoms with E-state index < -0.39 is 0 Å². The molecule has 0 saturated heterocycles. The van der Waals surface area contributed by atoms with E-state index in [4.69, 9.17) is 0 Å². The largest absolute Gasteiger partial charge is 0.370 e. The zero-order valence-electron chi connectivity index (χ0n) is 13.2. The summed E-state index contributed by atoms with van der Waals surface area (Å²) in [4.78, 5) is 10.6. The van der Waals surface area contributed by atoms with Crippen molar-refractivity contribution < 1.29 is 4.39 Å². The molecule has 2 N–H and O–H groups in total. The Morgan fingerprint density at radius 2 is 2.00 bits per heavy atom. The average molecular weight is 303 g/mol. The van der Waals surface area contributed by atoms with Crippen LogP contribution in [0.25, 0.3) is 0 Å². The third-order valence-corrected chi connectivity index (χ3v) is 3.53. The first-order valence-corrected chi connectivity index (χ1v) is 7.31. The normalized spacial score (nSPS) is 12.2. The van der Waals surface area contributed by atoms with Crippen molar-refractivity contribution in [2.45, 2.75) is 19.4 Å². The molecule has 0 amide bonds. The number of aromatic nitrogens is 2. The van der Waals surface area contributed by atoms with Crippen LogP contribution in [0.4, 0.5) is 21.8 Å². The summed E-state index contributed by atoms with van der Waals surface area (Å²) in [5.74, 6) is 0.764. The maximum absolute atomic E-state index is 13.6. The molecule has 0 radical (unpaired) electrons. The van der Waals surface area contributed by atoms with Gasteiger partial charge in [-0.15, -0.1) is 0 Å². The second kappa shape index (κ2) is 7.70. The van der Waals surface area contributed by atoms with Crippen LogP contribution in [-0.4, -0.2) is 41.5 Å². The van der Waals surface area contributed by atoms with Gasteiger partial charge in [0.15, 0.2) is 0 Å². The molecule has 0 aliphatic rings. The number of rotatable bonds is 7. The molecule has 0 saturated carbocycles. The molecule has 118 valence electrons. The van der Waals surface area contributed by atoms with Gasteiger partial charge in [0.25, 0.3) is 0 Å². The molecule has 0 aliphatic carbocycles. The summed E-state index contributed by atoms with van der Waals surface area (Å²) in [6.45, 7) is 2.99. The van der Waals surface area contributed by atoms with Gasteiger partial charge in [0.1, 0.15) is 11.6 Å². The van der Waals surface area contributed by atoms with Crippen LogP contribution in [0.15, 0.2) is 36.5 Å². The van der Waals surface area contributed by atoms with Crippen molar-refractivity contribution in [2.24, 2.45) is 0 Å². The quantitative estimate of drug-likeness (QED) is 0.823. The Balaban J connectivity index is 1.94. The highest BCUT2D eigenvalue weighted by Crippen LogP contribution is 2.17. The van der Waals surface area contributed by atoms with Crippen LogP contribution in [0.2, 0.25) is 0 Å². The number of nitrogens with zero attached hydrogens (tertiary/aromatic N) is 3. The van der Waals surface area contributed by atoms with Gasteiger partial charge in [-0.3, -0.25) is 0 Å². The van der Waals surface area contributed by atoms with Gasteiger partial charge in [-0.2, -0.15) is 4.98 Å². The van der Waals surface area contributed by atoms with E-state index in [1.807, 2.05) is 0 Å². The van der Waals surface area contributed by atoms with Gasteiger partial charge in [-0.1, -0.05) is 12.1 Å². The Morgan fingerprint density at radius 3 is 2.73 bits per heavy atom. The SMILES string of the molecule is CC(CCNc1ccnc(Nc2ccccc2F)n1)N(C)C. The molecule has 0 bridgehead atoms. The molecular formula is C16H22FN5. The van der Waals surface area contributed by atoms with Crippen molar-refractivity contribution in [3.63, 3.8) is 0 Å². The molecule has 0 aliphatic heterocycles. The van der Waals surface area contributed by atoms with Crippen LogP contribution in [0, 0.1) is 5.82 Å². The number of para-hydroxylation sites is 1. The zero-order chi connectivity index (χ0) is 15.9. The first kappa shape index (κ1) is 16.2. The monoisotopic (exact) mass is 303 g/mol. The van der Waals surface area contributed by atoms with Crippen LogP contribution >= 0.6 is 0 Å². The Bertz CT molecular complexity index is 603. The van der Waals surface area contributed by atoms with Gasteiger partial charge >= 0.3 is 0 Å². The Hall–Kier alpha value is -2.21. The minimum absolute atomic E-state index is 0.329. The van der Waals surface area contributed by atoms with E-state index in [0.717, 1.165) is 18.8 Å². The van der Waals surface area contributed by atoms with Crippen molar-refractivity contribution in [2.75, 3.05) is 31.3 Å². The van der Waals surface area contributed by atoms with Gasteiger partial charge in [0.2, 0.25) is 5.95 Å². The molecule has 1 unspecified atom stereocenters. The van der Waals surface area contributed by atoms with Crippen LogP contribution < -0.4 is 10.6 Å². The number of benzene rings is 1. The maximum Gasteiger partial charge on any atom is 0.229 e. The van der Waals surface area contributed by atoms with Crippen molar-refractivity contribution in [1.82, 2.24) is 14.9 Å². The van der Waals surface area contributed by atoms with Gasteiger partial charge in [0, 0.05) is 18.8 Å². The van der Waals surface area contributed by atoms with Crippen molar-refractivity contribution >= 4 is 17.5 Å². The number of hydrogen-bond donors (Lipinski definition) is 2. The molecule has 2 rings (SSSR count). The fourth-order valence-electron chi connectivity index (χ4n) is 1.87. The number of hydrogen-bond acceptors (Lipinski definition) is 5. The van der Waals surface area contributed by atoms with Gasteiger partial charge in [0.05, 0.1) is 5.69 Å². The van der Waals surface area contributed by atoms with E-state index in [2.05, 4.69) is 46.5 Å². The summed E-state index contributed by atoms with van der Waals surface area (Å²) < 4.78 is 13.6. The maximum atomic E-state index is 13.6. The molecular weight excluding hydrogens is 281 g/mol. The lowest BCUT2D eigenvalue weighted by Gasteiger charge is -2.19. The van der Waals surface area contributed by atoms with Crippen LogP contribution in [0.3, 0.4) is 0 Å². The van der Waals surface area contributed by atoms with Gasteiger partial charge < -0.3 is 15.5 Å². The lowest BCUT2D eigenvalue weighted by atomic mass is 10.2. The third kappa shape index (κ3) is 4.66. The lowest BCUT2D eigenvalue weighted by molar-refractivity contribution is 0.304. The van der Waals surface area contributed by atoms with E-state index >= 15 is 0 Å². The molecule has 0 spiro atoms. The summed E-state index contributed by atoms with van der Waals surface area (Å²) in [7, 11) is 4.12. The summed E-state index contributed by atoms with van der Waals surface area (Å²) >= 11 is 0. The van der Waals surface area contributed by atoms with Gasteiger partial charge in [-0.05, 0) is 45.6 Å². The third-order valence-electron chi connectivity index (χ3n) is 3.53. The van der Waals surface area contributed by atoms with Crippen LogP contribution in [0.1, 0.15) is 13.3 Å². The molecule has 1 atom stereocenters. The Morgan fingerprint density at radius 1 is 1.23 bits per heavy atom. The summed E-state index contributed by atoms with van der Waals surface area (Å²) in [5.41, 5.74) is 0.362. The fourth-order valence-corrected chi connectivity index (χ4v) is 1.87. The first-order valence-electron chi connectivity index (χ1n) is 7.31. The zero-order valence-corrected chi connectivity index (χ0v) is 13.2. The Labute approximate surface area is 130 Å². The number of halogens is 1. The second-order valence-electron chi connectivity index (χ2n) is 5.40. The summed E-state index contributed by atoms with van der Waals surface area (Å²) in [5, 5.41) is 6.14. The summed E-state index contributed by atoms with van der Waals surface area (Å²) in [6.07, 6.45) is 2.65. The van der Waals surface area contributed by atoms with Crippen molar-refractivity contribution in [3.8, 4) is 0 Å². The lowest BCUT2D eigenvalue weighted by Crippen LogP contribution is -2.26. The number of nitrogens with one attached hydrogen (secondary N) is 2. The van der Waals surface area contributed by atoms with Crippen LogP contribution in [0.5, 0.6) is 0 Å².